The van der Waals surface area contributed by atoms with Crippen molar-refractivity contribution in [2.75, 3.05) is 0 Å². The monoisotopic (exact) mass is 286 g/mol. The van der Waals surface area contributed by atoms with Crippen molar-refractivity contribution in [3.8, 4) is 0 Å². The van der Waals surface area contributed by atoms with E-state index in [-0.39, 0.29) is 6.10 Å². The van der Waals surface area contributed by atoms with E-state index < -0.39 is 0 Å². The van der Waals surface area contributed by atoms with Crippen molar-refractivity contribution in [2.45, 2.75) is 82.7 Å². The van der Waals surface area contributed by atoms with Gasteiger partial charge in [-0.05, 0) is 42.2 Å². The molecule has 1 aromatic carbocycles. The summed E-state index contributed by atoms with van der Waals surface area (Å²) in [6.45, 7) is 0. The van der Waals surface area contributed by atoms with E-state index in [1.807, 2.05) is 0 Å². The first kappa shape index (κ1) is 15.1. The predicted molar refractivity (Wildman–Crippen MR) is 88.4 cm³/mol. The molecule has 0 saturated heterocycles. The van der Waals surface area contributed by atoms with Gasteiger partial charge < -0.3 is 5.11 Å². The van der Waals surface area contributed by atoms with E-state index in [1.165, 1.54) is 69.8 Å². The maximum atomic E-state index is 10.5. The Labute approximate surface area is 129 Å². The molecule has 21 heavy (non-hydrogen) atoms. The van der Waals surface area contributed by atoms with E-state index in [0.717, 1.165) is 23.8 Å². The summed E-state index contributed by atoms with van der Waals surface area (Å²) in [6.07, 6.45) is 14.3. The van der Waals surface area contributed by atoms with Crippen LogP contribution in [0.2, 0.25) is 0 Å². The molecule has 2 saturated carbocycles. The Morgan fingerprint density at radius 2 is 1.38 bits per heavy atom. The number of hydrogen-bond acceptors (Lipinski definition) is 1. The van der Waals surface area contributed by atoms with Gasteiger partial charge in [-0.25, -0.2) is 0 Å². The molecule has 1 N–H and O–H groups in total. The zero-order chi connectivity index (χ0) is 14.5. The Kier molecular flexibility index (Phi) is 5.35. The average molecular weight is 286 g/mol. The van der Waals surface area contributed by atoms with Gasteiger partial charge in [0.15, 0.2) is 0 Å². The number of hydrogen-bond donors (Lipinski definition) is 1. The number of benzene rings is 1. The van der Waals surface area contributed by atoms with Crippen molar-refractivity contribution in [3.05, 3.63) is 35.4 Å². The summed E-state index contributed by atoms with van der Waals surface area (Å²) >= 11 is 0. The van der Waals surface area contributed by atoms with Gasteiger partial charge in [0.2, 0.25) is 0 Å². The highest BCUT2D eigenvalue weighted by molar-refractivity contribution is 5.27. The van der Waals surface area contributed by atoms with Crippen molar-refractivity contribution >= 4 is 0 Å². The van der Waals surface area contributed by atoms with Gasteiger partial charge in [-0.3, -0.25) is 0 Å². The largest absolute Gasteiger partial charge is 0.388 e. The fraction of sp³-hybridized carbons (Fsp3) is 0.700. The SMILES string of the molecule is OC(CC1CCCCC1)c1ccc(C2CCCCC2)cc1. The number of aliphatic hydroxyl groups excluding tert-OH is 1. The smallest absolute Gasteiger partial charge is 0.0792 e. The third-order valence-electron chi connectivity index (χ3n) is 5.68. The minimum absolute atomic E-state index is 0.256. The van der Waals surface area contributed by atoms with E-state index >= 15 is 0 Å². The first-order valence-electron chi connectivity index (χ1n) is 9.11. The Morgan fingerprint density at radius 3 is 2.00 bits per heavy atom. The minimum Gasteiger partial charge on any atom is -0.388 e. The van der Waals surface area contributed by atoms with E-state index in [1.54, 1.807) is 0 Å². The molecule has 0 aliphatic heterocycles. The second-order valence-corrected chi connectivity index (χ2v) is 7.26. The molecule has 116 valence electrons. The van der Waals surface area contributed by atoms with Gasteiger partial charge in [0, 0.05) is 0 Å². The molecular weight excluding hydrogens is 256 g/mol. The Bertz CT molecular complexity index is 410. The average Bonchev–Trinajstić information content (AvgIpc) is 2.57. The normalized spacial score (nSPS) is 23.1. The van der Waals surface area contributed by atoms with Gasteiger partial charge in [0.05, 0.1) is 6.10 Å². The maximum Gasteiger partial charge on any atom is 0.0792 e. The summed E-state index contributed by atoms with van der Waals surface area (Å²) in [4.78, 5) is 0. The molecule has 1 nitrogen and oxygen atoms in total. The lowest BCUT2D eigenvalue weighted by Gasteiger charge is -2.25. The van der Waals surface area contributed by atoms with Gasteiger partial charge in [-0.15, -0.1) is 0 Å². The van der Waals surface area contributed by atoms with E-state index in [2.05, 4.69) is 24.3 Å². The van der Waals surface area contributed by atoms with Gasteiger partial charge in [0.25, 0.3) is 0 Å². The van der Waals surface area contributed by atoms with E-state index in [9.17, 15) is 5.11 Å². The molecule has 2 aliphatic rings. The van der Waals surface area contributed by atoms with Crippen LogP contribution in [0.25, 0.3) is 0 Å². The van der Waals surface area contributed by atoms with Crippen LogP contribution in [-0.4, -0.2) is 5.11 Å². The van der Waals surface area contributed by atoms with Gasteiger partial charge in [-0.2, -0.15) is 0 Å². The Balaban J connectivity index is 1.57. The molecule has 1 aromatic rings. The summed E-state index contributed by atoms with van der Waals surface area (Å²) in [5.74, 6) is 1.51. The van der Waals surface area contributed by atoms with Crippen molar-refractivity contribution in [1.82, 2.24) is 0 Å². The van der Waals surface area contributed by atoms with Crippen molar-refractivity contribution in [2.24, 2.45) is 5.92 Å². The van der Waals surface area contributed by atoms with Crippen LogP contribution in [0.3, 0.4) is 0 Å². The summed E-state index contributed by atoms with van der Waals surface area (Å²) in [5.41, 5.74) is 2.61. The first-order chi connectivity index (χ1) is 10.3. The molecule has 0 amide bonds. The standard InChI is InChI=1S/C20H30O/c21-20(15-16-7-3-1-4-8-16)19-13-11-18(12-14-19)17-9-5-2-6-10-17/h11-14,16-17,20-21H,1-10,15H2. The summed E-state index contributed by atoms with van der Waals surface area (Å²) in [7, 11) is 0. The number of rotatable bonds is 4. The fourth-order valence-corrected chi connectivity index (χ4v) is 4.30. The van der Waals surface area contributed by atoms with Crippen LogP contribution in [0.4, 0.5) is 0 Å². The van der Waals surface area contributed by atoms with E-state index in [0.29, 0.717) is 0 Å². The maximum absolute atomic E-state index is 10.5. The molecule has 2 aliphatic carbocycles. The lowest BCUT2D eigenvalue weighted by molar-refractivity contribution is 0.131. The topological polar surface area (TPSA) is 20.2 Å². The lowest BCUT2D eigenvalue weighted by Crippen LogP contribution is -2.11. The van der Waals surface area contributed by atoms with Gasteiger partial charge in [0.1, 0.15) is 0 Å². The van der Waals surface area contributed by atoms with Crippen LogP contribution in [0.5, 0.6) is 0 Å². The third kappa shape index (κ3) is 4.10. The molecule has 3 rings (SSSR count). The quantitative estimate of drug-likeness (QED) is 0.748. The number of aliphatic hydroxyl groups is 1. The van der Waals surface area contributed by atoms with Crippen LogP contribution in [0, 0.1) is 5.92 Å². The van der Waals surface area contributed by atoms with Crippen LogP contribution in [-0.2, 0) is 0 Å². The van der Waals surface area contributed by atoms with Crippen molar-refractivity contribution < 1.29 is 5.11 Å². The first-order valence-corrected chi connectivity index (χ1v) is 9.11. The summed E-state index contributed by atoms with van der Waals surface area (Å²) in [5, 5.41) is 10.5. The highest BCUT2D eigenvalue weighted by atomic mass is 16.3. The van der Waals surface area contributed by atoms with E-state index in [4.69, 9.17) is 0 Å². The molecule has 1 heteroatoms. The zero-order valence-corrected chi connectivity index (χ0v) is 13.3. The van der Waals surface area contributed by atoms with Crippen LogP contribution < -0.4 is 0 Å². The second-order valence-electron chi connectivity index (χ2n) is 7.26. The molecule has 0 radical (unpaired) electrons. The molecule has 0 spiro atoms. The van der Waals surface area contributed by atoms with Crippen LogP contribution in [0.1, 0.15) is 93.8 Å². The van der Waals surface area contributed by atoms with Crippen molar-refractivity contribution in [1.29, 1.82) is 0 Å². The molecule has 0 aromatic heterocycles. The third-order valence-corrected chi connectivity index (χ3v) is 5.68. The molecule has 1 unspecified atom stereocenters. The Morgan fingerprint density at radius 1 is 0.810 bits per heavy atom. The highest BCUT2D eigenvalue weighted by Gasteiger charge is 2.19. The lowest BCUT2D eigenvalue weighted by atomic mass is 9.82. The highest BCUT2D eigenvalue weighted by Crippen LogP contribution is 2.35. The minimum atomic E-state index is -0.256. The second kappa shape index (κ2) is 7.45. The van der Waals surface area contributed by atoms with Crippen LogP contribution >= 0.6 is 0 Å². The predicted octanol–water partition coefficient (Wildman–Crippen LogP) is 5.74. The zero-order valence-electron chi connectivity index (χ0n) is 13.3. The molecule has 0 heterocycles. The summed E-state index contributed by atoms with van der Waals surface area (Å²) < 4.78 is 0. The van der Waals surface area contributed by atoms with Gasteiger partial charge >= 0.3 is 0 Å². The van der Waals surface area contributed by atoms with Gasteiger partial charge in [-0.1, -0.05) is 75.6 Å². The molecular formula is C20H30O. The Hall–Kier alpha value is -0.820. The fourth-order valence-electron chi connectivity index (χ4n) is 4.30. The summed E-state index contributed by atoms with van der Waals surface area (Å²) in [6, 6.07) is 8.90. The molecule has 2 fully saturated rings. The van der Waals surface area contributed by atoms with Crippen molar-refractivity contribution in [3.63, 3.8) is 0 Å². The molecule has 1 atom stereocenters. The molecule has 0 bridgehead atoms. The van der Waals surface area contributed by atoms with Crippen LogP contribution in [0.15, 0.2) is 24.3 Å².